The van der Waals surface area contributed by atoms with Crippen LogP contribution in [0.25, 0.3) is 0 Å². The SMILES string of the molecule is C#CCCC(=O)C(O)C(C)C. The van der Waals surface area contributed by atoms with Gasteiger partial charge in [0.15, 0.2) is 5.78 Å². The van der Waals surface area contributed by atoms with E-state index in [0.717, 1.165) is 0 Å². The summed E-state index contributed by atoms with van der Waals surface area (Å²) in [6.45, 7) is 3.61. The lowest BCUT2D eigenvalue weighted by Crippen LogP contribution is -2.25. The molecule has 0 aliphatic rings. The van der Waals surface area contributed by atoms with Gasteiger partial charge in [0.25, 0.3) is 0 Å². The van der Waals surface area contributed by atoms with Gasteiger partial charge in [0.1, 0.15) is 6.10 Å². The fraction of sp³-hybridized carbons (Fsp3) is 0.667. The third kappa shape index (κ3) is 3.79. The van der Waals surface area contributed by atoms with Gasteiger partial charge in [0.05, 0.1) is 0 Å². The molecule has 0 bridgehead atoms. The first-order valence-corrected chi connectivity index (χ1v) is 3.73. The van der Waals surface area contributed by atoms with Crippen molar-refractivity contribution in [3.8, 4) is 12.3 Å². The van der Waals surface area contributed by atoms with Crippen LogP contribution < -0.4 is 0 Å². The number of Topliss-reactive ketones (excluding diaryl/α,β-unsaturated/α-hetero) is 1. The van der Waals surface area contributed by atoms with Crippen LogP contribution in [-0.2, 0) is 4.79 Å². The van der Waals surface area contributed by atoms with Gasteiger partial charge in [-0.25, -0.2) is 0 Å². The summed E-state index contributed by atoms with van der Waals surface area (Å²) in [5, 5.41) is 9.20. The molecule has 11 heavy (non-hydrogen) atoms. The minimum Gasteiger partial charge on any atom is -0.385 e. The molecular weight excluding hydrogens is 140 g/mol. The number of carbonyl (C=O) groups is 1. The third-order valence-corrected chi connectivity index (χ3v) is 1.48. The van der Waals surface area contributed by atoms with Gasteiger partial charge in [-0.2, -0.15) is 0 Å². The number of hydrogen-bond donors (Lipinski definition) is 1. The quantitative estimate of drug-likeness (QED) is 0.613. The van der Waals surface area contributed by atoms with E-state index in [1.807, 2.05) is 0 Å². The average molecular weight is 154 g/mol. The Balaban J connectivity index is 3.76. The Hall–Kier alpha value is -0.810. The maximum atomic E-state index is 11.0. The van der Waals surface area contributed by atoms with Crippen LogP contribution in [0.3, 0.4) is 0 Å². The summed E-state index contributed by atoms with van der Waals surface area (Å²) in [5.74, 6) is 2.19. The van der Waals surface area contributed by atoms with Gasteiger partial charge in [-0.1, -0.05) is 13.8 Å². The molecule has 0 amide bonds. The minimum absolute atomic E-state index is 0.0136. The van der Waals surface area contributed by atoms with Crippen LogP contribution in [0.2, 0.25) is 0 Å². The molecule has 0 spiro atoms. The van der Waals surface area contributed by atoms with Gasteiger partial charge in [-0.15, -0.1) is 12.3 Å². The molecule has 0 aromatic carbocycles. The van der Waals surface area contributed by atoms with E-state index >= 15 is 0 Å². The molecule has 0 aliphatic carbocycles. The Morgan fingerprint density at radius 3 is 2.55 bits per heavy atom. The van der Waals surface area contributed by atoms with E-state index in [2.05, 4.69) is 5.92 Å². The van der Waals surface area contributed by atoms with Crippen molar-refractivity contribution < 1.29 is 9.90 Å². The van der Waals surface area contributed by atoms with E-state index in [-0.39, 0.29) is 18.1 Å². The van der Waals surface area contributed by atoms with Crippen LogP contribution in [0.1, 0.15) is 26.7 Å². The van der Waals surface area contributed by atoms with E-state index < -0.39 is 6.10 Å². The lowest BCUT2D eigenvalue weighted by molar-refractivity contribution is -0.129. The van der Waals surface area contributed by atoms with Crippen molar-refractivity contribution in [1.82, 2.24) is 0 Å². The van der Waals surface area contributed by atoms with Crippen molar-refractivity contribution in [2.75, 3.05) is 0 Å². The van der Waals surface area contributed by atoms with Crippen LogP contribution in [0.5, 0.6) is 0 Å². The molecule has 0 rings (SSSR count). The third-order valence-electron chi connectivity index (χ3n) is 1.48. The summed E-state index contributed by atoms with van der Waals surface area (Å²) < 4.78 is 0. The highest BCUT2D eigenvalue weighted by Gasteiger charge is 2.17. The summed E-state index contributed by atoms with van der Waals surface area (Å²) in [6, 6.07) is 0. The Morgan fingerprint density at radius 1 is 1.64 bits per heavy atom. The van der Waals surface area contributed by atoms with Crippen molar-refractivity contribution in [1.29, 1.82) is 0 Å². The van der Waals surface area contributed by atoms with Crippen LogP contribution in [-0.4, -0.2) is 17.0 Å². The topological polar surface area (TPSA) is 37.3 Å². The highest BCUT2D eigenvalue weighted by molar-refractivity contribution is 5.83. The molecule has 1 unspecified atom stereocenters. The van der Waals surface area contributed by atoms with Crippen molar-refractivity contribution in [2.24, 2.45) is 5.92 Å². The highest BCUT2D eigenvalue weighted by atomic mass is 16.3. The van der Waals surface area contributed by atoms with E-state index in [0.29, 0.717) is 6.42 Å². The fourth-order valence-electron chi connectivity index (χ4n) is 0.715. The highest BCUT2D eigenvalue weighted by Crippen LogP contribution is 2.05. The van der Waals surface area contributed by atoms with Crippen LogP contribution in [0.15, 0.2) is 0 Å². The maximum absolute atomic E-state index is 11.0. The van der Waals surface area contributed by atoms with Crippen molar-refractivity contribution in [3.63, 3.8) is 0 Å². The molecule has 0 aliphatic heterocycles. The van der Waals surface area contributed by atoms with Gasteiger partial charge in [-0.3, -0.25) is 4.79 Å². The standard InChI is InChI=1S/C9H14O2/c1-4-5-6-8(10)9(11)7(2)3/h1,7,9,11H,5-6H2,2-3H3. The predicted octanol–water partition coefficient (Wildman–Crippen LogP) is 0.986. The maximum Gasteiger partial charge on any atom is 0.162 e. The molecule has 0 fully saturated rings. The number of rotatable bonds is 4. The average Bonchev–Trinajstić information content (AvgIpc) is 1.98. The van der Waals surface area contributed by atoms with Crippen LogP contribution in [0.4, 0.5) is 0 Å². The molecule has 0 radical (unpaired) electrons. The van der Waals surface area contributed by atoms with E-state index in [1.54, 1.807) is 13.8 Å². The zero-order valence-corrected chi connectivity index (χ0v) is 7.00. The van der Waals surface area contributed by atoms with Crippen molar-refractivity contribution >= 4 is 5.78 Å². The van der Waals surface area contributed by atoms with Gasteiger partial charge in [-0.05, 0) is 5.92 Å². The van der Waals surface area contributed by atoms with Gasteiger partial charge in [0.2, 0.25) is 0 Å². The smallest absolute Gasteiger partial charge is 0.162 e. The summed E-state index contributed by atoms with van der Waals surface area (Å²) in [6.07, 6.45) is 4.83. The van der Waals surface area contributed by atoms with Crippen molar-refractivity contribution in [3.05, 3.63) is 0 Å². The molecule has 62 valence electrons. The molecule has 0 aromatic heterocycles. The molecule has 1 N–H and O–H groups in total. The zero-order valence-electron chi connectivity index (χ0n) is 7.00. The Bertz CT molecular complexity index is 165. The zero-order chi connectivity index (χ0) is 8.85. The number of aliphatic hydroxyl groups excluding tert-OH is 1. The fourth-order valence-corrected chi connectivity index (χ4v) is 0.715. The number of terminal acetylenes is 1. The van der Waals surface area contributed by atoms with Gasteiger partial charge in [0, 0.05) is 12.8 Å². The molecule has 0 heterocycles. The lowest BCUT2D eigenvalue weighted by atomic mass is 10.0. The number of ketones is 1. The summed E-state index contributed by atoms with van der Waals surface area (Å²) in [5.41, 5.74) is 0. The predicted molar refractivity (Wildman–Crippen MR) is 43.9 cm³/mol. The second-order valence-electron chi connectivity index (χ2n) is 2.86. The Labute approximate surface area is 67.6 Å². The molecule has 2 heteroatoms. The van der Waals surface area contributed by atoms with E-state index in [9.17, 15) is 9.90 Å². The largest absolute Gasteiger partial charge is 0.385 e. The van der Waals surface area contributed by atoms with Crippen LogP contribution in [0, 0.1) is 18.3 Å². The number of carbonyl (C=O) groups excluding carboxylic acids is 1. The van der Waals surface area contributed by atoms with E-state index in [4.69, 9.17) is 6.42 Å². The lowest BCUT2D eigenvalue weighted by Gasteiger charge is -2.11. The first-order valence-electron chi connectivity index (χ1n) is 3.73. The normalized spacial score (nSPS) is 12.6. The minimum atomic E-state index is -0.844. The second kappa shape index (κ2) is 4.92. The second-order valence-corrected chi connectivity index (χ2v) is 2.86. The summed E-state index contributed by atoms with van der Waals surface area (Å²) >= 11 is 0. The number of aliphatic hydroxyl groups is 1. The summed E-state index contributed by atoms with van der Waals surface area (Å²) in [7, 11) is 0. The first kappa shape index (κ1) is 10.2. The Morgan fingerprint density at radius 2 is 2.18 bits per heavy atom. The molecule has 0 aromatic rings. The Kier molecular flexibility index (Phi) is 4.56. The van der Waals surface area contributed by atoms with Crippen LogP contribution >= 0.6 is 0 Å². The molecule has 2 nitrogen and oxygen atoms in total. The molecule has 0 saturated carbocycles. The van der Waals surface area contributed by atoms with Gasteiger partial charge < -0.3 is 5.11 Å². The first-order chi connectivity index (χ1) is 5.09. The number of hydrogen-bond acceptors (Lipinski definition) is 2. The van der Waals surface area contributed by atoms with E-state index in [1.165, 1.54) is 0 Å². The molecular formula is C9H14O2. The molecule has 1 atom stereocenters. The van der Waals surface area contributed by atoms with Crippen molar-refractivity contribution in [2.45, 2.75) is 32.8 Å². The van der Waals surface area contributed by atoms with Gasteiger partial charge >= 0.3 is 0 Å². The molecule has 0 saturated heterocycles. The monoisotopic (exact) mass is 154 g/mol. The summed E-state index contributed by atoms with van der Waals surface area (Å²) in [4.78, 5) is 11.0.